The Balaban J connectivity index is 2.79. The Morgan fingerprint density at radius 3 is 2.00 bits per heavy atom. The minimum atomic E-state index is -0.862. The number of methoxy groups -OCH3 is 2. The zero-order valence-electron chi connectivity index (χ0n) is 16.7. The first kappa shape index (κ1) is 19.4. The summed E-state index contributed by atoms with van der Waals surface area (Å²) in [7, 11) is 3.13. The minimum absolute atomic E-state index is 0.0986. The van der Waals surface area contributed by atoms with E-state index in [4.69, 9.17) is 9.47 Å². The molecule has 1 aromatic carbocycles. The van der Waals surface area contributed by atoms with Crippen molar-refractivity contribution in [3.8, 4) is 11.5 Å². The number of hydroxylamine groups is 3. The highest BCUT2D eigenvalue weighted by Crippen LogP contribution is 2.42. The van der Waals surface area contributed by atoms with Crippen LogP contribution in [0.3, 0.4) is 0 Å². The molecule has 0 bridgehead atoms. The predicted molar refractivity (Wildman–Crippen MR) is 96.7 cm³/mol. The topological polar surface area (TPSA) is 67.7 Å². The van der Waals surface area contributed by atoms with Gasteiger partial charge >= 0.3 is 5.84 Å². The van der Waals surface area contributed by atoms with Crippen molar-refractivity contribution in [3.05, 3.63) is 28.5 Å². The number of benzene rings is 1. The van der Waals surface area contributed by atoms with Crippen molar-refractivity contribution >= 4 is 5.84 Å². The summed E-state index contributed by atoms with van der Waals surface area (Å²) in [5.41, 5.74) is -0.564. The maximum absolute atomic E-state index is 12.9. The maximum Gasteiger partial charge on any atom is 0.316 e. The lowest BCUT2D eigenvalue weighted by Crippen LogP contribution is -2.53. The Kier molecular flexibility index (Phi) is 4.49. The molecule has 25 heavy (non-hydrogen) atoms. The molecular formula is C19H29N2O4. The smallest absolute Gasteiger partial charge is 0.316 e. The van der Waals surface area contributed by atoms with Crippen molar-refractivity contribution in [1.82, 2.24) is 5.06 Å². The lowest BCUT2D eigenvalue weighted by molar-refractivity contribution is -0.539. The van der Waals surface area contributed by atoms with Gasteiger partial charge in [0, 0.05) is 10.8 Å². The second-order valence-electron chi connectivity index (χ2n) is 8.54. The third kappa shape index (κ3) is 2.72. The van der Waals surface area contributed by atoms with Gasteiger partial charge in [-0.05, 0) is 45.2 Å². The van der Waals surface area contributed by atoms with E-state index in [0.717, 1.165) is 15.4 Å². The molecule has 0 atom stereocenters. The van der Waals surface area contributed by atoms with Gasteiger partial charge in [-0.3, -0.25) is 4.74 Å². The zero-order chi connectivity index (χ0) is 19.4. The van der Waals surface area contributed by atoms with Crippen molar-refractivity contribution in [3.63, 3.8) is 0 Å². The van der Waals surface area contributed by atoms with Gasteiger partial charge < -0.3 is 14.7 Å². The second-order valence-corrected chi connectivity index (χ2v) is 8.54. The Hall–Kier alpha value is -1.95. The summed E-state index contributed by atoms with van der Waals surface area (Å²) in [5.74, 6) is 1.22. The molecule has 0 aromatic heterocycles. The van der Waals surface area contributed by atoms with Gasteiger partial charge in [0.1, 0.15) is 5.54 Å². The van der Waals surface area contributed by atoms with Crippen LogP contribution in [0.25, 0.3) is 0 Å². The summed E-state index contributed by atoms with van der Waals surface area (Å²) in [5, 5.41) is 26.7. The van der Waals surface area contributed by atoms with Crippen LogP contribution in [0.1, 0.15) is 59.6 Å². The van der Waals surface area contributed by atoms with Gasteiger partial charge in [-0.1, -0.05) is 25.8 Å². The predicted octanol–water partition coefficient (Wildman–Crippen LogP) is 3.48. The van der Waals surface area contributed by atoms with Crippen LogP contribution in [0.2, 0.25) is 0 Å². The zero-order valence-corrected chi connectivity index (χ0v) is 16.7. The molecule has 0 amide bonds. The van der Waals surface area contributed by atoms with Gasteiger partial charge in [0.05, 0.1) is 19.8 Å². The van der Waals surface area contributed by atoms with Gasteiger partial charge in [-0.2, -0.15) is 0 Å². The molecule has 1 radical (unpaired) electrons. The molecule has 0 saturated carbocycles. The molecule has 1 aliphatic heterocycles. The first-order chi connectivity index (χ1) is 11.3. The molecule has 2 rings (SSSR count). The van der Waals surface area contributed by atoms with Crippen LogP contribution >= 0.6 is 0 Å². The van der Waals surface area contributed by atoms with E-state index in [1.165, 1.54) is 0 Å². The second kappa shape index (κ2) is 5.80. The fraction of sp³-hybridized carbons (Fsp3) is 0.632. The molecule has 1 aromatic rings. The summed E-state index contributed by atoms with van der Waals surface area (Å²) in [6.07, 6.45) is 0. The first-order valence-corrected chi connectivity index (χ1v) is 8.39. The van der Waals surface area contributed by atoms with Gasteiger partial charge in [-0.15, -0.1) is 0 Å². The third-order valence-electron chi connectivity index (χ3n) is 5.44. The molecule has 1 aliphatic rings. The molecule has 0 unspecified atom stereocenters. The highest BCUT2D eigenvalue weighted by Gasteiger charge is 2.60. The van der Waals surface area contributed by atoms with E-state index in [1.54, 1.807) is 48.0 Å². The SMILES string of the molecule is COc1cc(C2=[N+]([O-])C(C)(C)C(C)(C)N2[O])cc(C(C)(C)C)c1OC. The van der Waals surface area contributed by atoms with E-state index >= 15 is 0 Å². The average Bonchev–Trinajstić information content (AvgIpc) is 2.63. The molecule has 0 spiro atoms. The number of nitrogens with zero attached hydrogens (tertiary/aromatic N) is 2. The number of amidine groups is 1. The van der Waals surface area contributed by atoms with Crippen LogP contribution in [0.15, 0.2) is 12.1 Å². The highest BCUT2D eigenvalue weighted by atomic mass is 16.5. The molecule has 0 N–H and O–H groups in total. The molecule has 1 heterocycles. The number of hydrogen-bond donors (Lipinski definition) is 0. The minimum Gasteiger partial charge on any atom is -0.714 e. The monoisotopic (exact) mass is 349 g/mol. The van der Waals surface area contributed by atoms with Crippen LogP contribution in [0.5, 0.6) is 11.5 Å². The van der Waals surface area contributed by atoms with E-state index in [2.05, 4.69) is 0 Å². The van der Waals surface area contributed by atoms with E-state index in [-0.39, 0.29) is 11.3 Å². The number of rotatable bonds is 3. The van der Waals surface area contributed by atoms with Crippen molar-refractivity contribution < 1.29 is 19.4 Å². The normalized spacial score (nSPS) is 19.4. The third-order valence-corrected chi connectivity index (χ3v) is 5.44. The van der Waals surface area contributed by atoms with Crippen molar-refractivity contribution in [2.24, 2.45) is 0 Å². The summed E-state index contributed by atoms with van der Waals surface area (Å²) < 4.78 is 11.8. The fourth-order valence-electron chi connectivity index (χ4n) is 2.99. The summed E-state index contributed by atoms with van der Waals surface area (Å²) in [6.45, 7) is 13.3. The van der Waals surface area contributed by atoms with Gasteiger partial charge in [0.25, 0.3) is 0 Å². The van der Waals surface area contributed by atoms with Gasteiger partial charge in [-0.25, -0.2) is 0 Å². The Morgan fingerprint density at radius 1 is 1.08 bits per heavy atom. The number of ether oxygens (including phenoxy) is 2. The molecular weight excluding hydrogens is 320 g/mol. The van der Waals surface area contributed by atoms with Gasteiger partial charge in [0.15, 0.2) is 17.0 Å². The summed E-state index contributed by atoms with van der Waals surface area (Å²) in [6, 6.07) is 3.54. The molecule has 139 valence electrons. The molecule has 0 fully saturated rings. The van der Waals surface area contributed by atoms with E-state index in [0.29, 0.717) is 17.1 Å². The van der Waals surface area contributed by atoms with Crippen LogP contribution < -0.4 is 9.47 Å². The quantitative estimate of drug-likeness (QED) is 0.619. The fourth-order valence-corrected chi connectivity index (χ4v) is 2.99. The van der Waals surface area contributed by atoms with Crippen LogP contribution in [0.4, 0.5) is 0 Å². The Bertz CT molecular complexity index is 715. The molecule has 0 saturated heterocycles. The van der Waals surface area contributed by atoms with E-state index < -0.39 is 11.1 Å². The van der Waals surface area contributed by atoms with E-state index in [9.17, 15) is 10.4 Å². The van der Waals surface area contributed by atoms with Gasteiger partial charge in [0.2, 0.25) is 0 Å². The molecule has 0 aliphatic carbocycles. The average molecular weight is 349 g/mol. The van der Waals surface area contributed by atoms with Crippen molar-refractivity contribution in [2.45, 2.75) is 65.0 Å². The van der Waals surface area contributed by atoms with Crippen LogP contribution in [0, 0.1) is 5.21 Å². The van der Waals surface area contributed by atoms with Crippen LogP contribution in [-0.2, 0) is 10.6 Å². The van der Waals surface area contributed by atoms with Crippen molar-refractivity contribution in [1.29, 1.82) is 0 Å². The lowest BCUT2D eigenvalue weighted by Gasteiger charge is -2.32. The van der Waals surface area contributed by atoms with Crippen molar-refractivity contribution in [2.75, 3.05) is 14.2 Å². The summed E-state index contributed by atoms with van der Waals surface area (Å²) >= 11 is 0. The Labute approximate surface area is 150 Å². The van der Waals surface area contributed by atoms with E-state index in [1.807, 2.05) is 26.8 Å². The Morgan fingerprint density at radius 2 is 1.64 bits per heavy atom. The highest BCUT2D eigenvalue weighted by molar-refractivity contribution is 5.97. The molecule has 6 heteroatoms. The van der Waals surface area contributed by atoms with Crippen LogP contribution in [-0.4, -0.2) is 40.9 Å². The maximum atomic E-state index is 12.9. The lowest BCUT2D eigenvalue weighted by atomic mass is 9.84. The molecule has 6 nitrogen and oxygen atoms in total. The number of hydrogen-bond acceptors (Lipinski definition) is 4. The largest absolute Gasteiger partial charge is 0.714 e. The standard InChI is InChI=1S/C19H29N2O4/c1-17(2,3)13-10-12(11-14(24-8)15(13)25-9)16-20(22)18(4,5)19(6,7)21(16)23/h10-11H,1-9H3. The first-order valence-electron chi connectivity index (χ1n) is 8.39. The summed E-state index contributed by atoms with van der Waals surface area (Å²) in [4.78, 5) is 0.